The summed E-state index contributed by atoms with van der Waals surface area (Å²) in [6, 6.07) is 6.03. The Balaban J connectivity index is 2.04. The highest BCUT2D eigenvalue weighted by molar-refractivity contribution is 5.38. The molecular formula is C14H22N2O2. The Hall–Kier alpha value is -1.26. The van der Waals surface area contributed by atoms with E-state index in [1.807, 2.05) is 6.07 Å². The zero-order chi connectivity index (χ0) is 13.0. The number of nitrogens with two attached hydrogens (primary N) is 1. The van der Waals surface area contributed by atoms with E-state index in [1.165, 1.54) is 12.0 Å². The number of nitrogens with zero attached hydrogens (tertiary/aromatic N) is 1. The van der Waals surface area contributed by atoms with Crippen molar-refractivity contribution in [3.63, 3.8) is 0 Å². The van der Waals surface area contributed by atoms with E-state index in [4.69, 9.17) is 15.2 Å². The fourth-order valence-corrected chi connectivity index (χ4v) is 2.46. The molecule has 1 aromatic rings. The molecule has 1 saturated heterocycles. The number of hydrogen-bond acceptors (Lipinski definition) is 4. The molecule has 0 saturated carbocycles. The van der Waals surface area contributed by atoms with E-state index >= 15 is 0 Å². The van der Waals surface area contributed by atoms with Crippen molar-refractivity contribution >= 4 is 0 Å². The summed E-state index contributed by atoms with van der Waals surface area (Å²) in [6.07, 6.45) is 1.21. The van der Waals surface area contributed by atoms with Gasteiger partial charge in [-0.05, 0) is 43.1 Å². The van der Waals surface area contributed by atoms with Crippen molar-refractivity contribution in [1.29, 1.82) is 0 Å². The lowest BCUT2D eigenvalue weighted by Crippen LogP contribution is -2.22. The molecule has 100 valence electrons. The van der Waals surface area contributed by atoms with Crippen LogP contribution in [0.2, 0.25) is 0 Å². The number of hydrogen-bond donors (Lipinski definition) is 1. The van der Waals surface area contributed by atoms with Gasteiger partial charge in [-0.1, -0.05) is 0 Å². The molecule has 0 radical (unpaired) electrons. The smallest absolute Gasteiger partial charge is 0.122 e. The van der Waals surface area contributed by atoms with Crippen molar-refractivity contribution in [2.24, 2.45) is 11.7 Å². The monoisotopic (exact) mass is 250 g/mol. The fourth-order valence-electron chi connectivity index (χ4n) is 2.46. The van der Waals surface area contributed by atoms with Crippen molar-refractivity contribution in [1.82, 2.24) is 4.90 Å². The molecule has 1 aliphatic heterocycles. The van der Waals surface area contributed by atoms with E-state index in [9.17, 15) is 0 Å². The van der Waals surface area contributed by atoms with Crippen LogP contribution in [-0.2, 0) is 6.54 Å². The van der Waals surface area contributed by atoms with E-state index in [-0.39, 0.29) is 0 Å². The first kappa shape index (κ1) is 13.2. The summed E-state index contributed by atoms with van der Waals surface area (Å²) < 4.78 is 10.6. The van der Waals surface area contributed by atoms with E-state index in [0.29, 0.717) is 5.92 Å². The van der Waals surface area contributed by atoms with Gasteiger partial charge >= 0.3 is 0 Å². The van der Waals surface area contributed by atoms with Crippen LogP contribution in [0, 0.1) is 5.92 Å². The zero-order valence-electron chi connectivity index (χ0n) is 11.2. The third-order valence-electron chi connectivity index (χ3n) is 3.52. The van der Waals surface area contributed by atoms with Crippen LogP contribution in [-0.4, -0.2) is 38.8 Å². The highest BCUT2D eigenvalue weighted by Crippen LogP contribution is 2.25. The summed E-state index contributed by atoms with van der Waals surface area (Å²) in [4.78, 5) is 2.44. The van der Waals surface area contributed by atoms with Crippen LogP contribution >= 0.6 is 0 Å². The van der Waals surface area contributed by atoms with E-state index in [1.54, 1.807) is 14.2 Å². The molecule has 0 spiro atoms. The van der Waals surface area contributed by atoms with Crippen LogP contribution in [0.4, 0.5) is 0 Å². The van der Waals surface area contributed by atoms with Gasteiger partial charge in [0, 0.05) is 19.2 Å². The molecule has 1 aromatic carbocycles. The standard InChI is InChI=1S/C14H22N2O2/c1-17-13-5-12(6-14(7-13)18-2)10-16-4-3-11(8-15)9-16/h5-7,11H,3-4,8-10,15H2,1-2H3. The SMILES string of the molecule is COc1cc(CN2CCC(CN)C2)cc(OC)c1. The Morgan fingerprint density at radius 1 is 1.22 bits per heavy atom. The predicted octanol–water partition coefficient (Wildman–Crippen LogP) is 1.48. The average molecular weight is 250 g/mol. The molecule has 0 amide bonds. The Kier molecular flexibility index (Phi) is 4.44. The Morgan fingerprint density at radius 2 is 1.89 bits per heavy atom. The summed E-state index contributed by atoms with van der Waals surface area (Å²) in [5.74, 6) is 2.34. The summed E-state index contributed by atoms with van der Waals surface area (Å²) in [5.41, 5.74) is 6.94. The van der Waals surface area contributed by atoms with Crippen LogP contribution in [0.1, 0.15) is 12.0 Å². The van der Waals surface area contributed by atoms with Crippen LogP contribution in [0.25, 0.3) is 0 Å². The van der Waals surface area contributed by atoms with Gasteiger partial charge in [0.25, 0.3) is 0 Å². The Labute approximate surface area is 109 Å². The van der Waals surface area contributed by atoms with Gasteiger partial charge in [-0.25, -0.2) is 0 Å². The van der Waals surface area contributed by atoms with Crippen molar-refractivity contribution in [3.8, 4) is 11.5 Å². The zero-order valence-corrected chi connectivity index (χ0v) is 11.2. The quantitative estimate of drug-likeness (QED) is 0.860. The summed E-state index contributed by atoms with van der Waals surface area (Å²) >= 11 is 0. The summed E-state index contributed by atoms with van der Waals surface area (Å²) in [6.45, 7) is 3.94. The molecule has 4 heteroatoms. The first-order valence-corrected chi connectivity index (χ1v) is 6.39. The van der Waals surface area contributed by atoms with Crippen molar-refractivity contribution < 1.29 is 9.47 Å². The van der Waals surface area contributed by atoms with E-state index in [2.05, 4.69) is 17.0 Å². The summed E-state index contributed by atoms with van der Waals surface area (Å²) in [7, 11) is 3.36. The van der Waals surface area contributed by atoms with Crippen molar-refractivity contribution in [2.75, 3.05) is 33.9 Å². The minimum atomic E-state index is 0.650. The lowest BCUT2D eigenvalue weighted by Gasteiger charge is -2.17. The highest BCUT2D eigenvalue weighted by Gasteiger charge is 2.21. The molecule has 4 nitrogen and oxygen atoms in total. The van der Waals surface area contributed by atoms with Crippen LogP contribution in [0.15, 0.2) is 18.2 Å². The molecule has 1 heterocycles. The molecule has 0 bridgehead atoms. The van der Waals surface area contributed by atoms with Gasteiger partial charge < -0.3 is 15.2 Å². The molecular weight excluding hydrogens is 228 g/mol. The second-order valence-corrected chi connectivity index (χ2v) is 4.85. The number of ether oxygens (including phenoxy) is 2. The topological polar surface area (TPSA) is 47.7 Å². The lowest BCUT2D eigenvalue weighted by atomic mass is 10.1. The first-order chi connectivity index (χ1) is 8.75. The predicted molar refractivity (Wildman–Crippen MR) is 72.0 cm³/mol. The number of likely N-dealkylation sites (tertiary alicyclic amines) is 1. The first-order valence-electron chi connectivity index (χ1n) is 6.39. The number of rotatable bonds is 5. The van der Waals surface area contributed by atoms with Gasteiger partial charge in [-0.15, -0.1) is 0 Å². The van der Waals surface area contributed by atoms with Crippen molar-refractivity contribution in [3.05, 3.63) is 23.8 Å². The molecule has 1 aliphatic rings. The van der Waals surface area contributed by atoms with Crippen LogP contribution in [0.5, 0.6) is 11.5 Å². The molecule has 2 N–H and O–H groups in total. The molecule has 18 heavy (non-hydrogen) atoms. The van der Waals surface area contributed by atoms with Gasteiger partial charge in [0.1, 0.15) is 11.5 Å². The second kappa shape index (κ2) is 6.07. The molecule has 1 atom stereocenters. The Morgan fingerprint density at radius 3 is 2.39 bits per heavy atom. The molecule has 2 rings (SSSR count). The maximum atomic E-state index is 5.71. The number of methoxy groups -OCH3 is 2. The van der Waals surface area contributed by atoms with Crippen LogP contribution < -0.4 is 15.2 Å². The fraction of sp³-hybridized carbons (Fsp3) is 0.571. The largest absolute Gasteiger partial charge is 0.497 e. The Bertz CT molecular complexity index is 373. The van der Waals surface area contributed by atoms with Crippen molar-refractivity contribution in [2.45, 2.75) is 13.0 Å². The molecule has 0 aliphatic carbocycles. The maximum Gasteiger partial charge on any atom is 0.122 e. The van der Waals surface area contributed by atoms with Gasteiger partial charge in [0.05, 0.1) is 14.2 Å². The maximum absolute atomic E-state index is 5.71. The average Bonchev–Trinajstić information content (AvgIpc) is 2.85. The second-order valence-electron chi connectivity index (χ2n) is 4.85. The van der Waals surface area contributed by atoms with Crippen LogP contribution in [0.3, 0.4) is 0 Å². The number of benzene rings is 1. The highest BCUT2D eigenvalue weighted by atomic mass is 16.5. The molecule has 0 aromatic heterocycles. The van der Waals surface area contributed by atoms with Gasteiger partial charge in [-0.2, -0.15) is 0 Å². The minimum Gasteiger partial charge on any atom is -0.497 e. The van der Waals surface area contributed by atoms with E-state index in [0.717, 1.165) is 37.7 Å². The molecule has 1 unspecified atom stereocenters. The van der Waals surface area contributed by atoms with Gasteiger partial charge in [-0.3, -0.25) is 4.90 Å². The summed E-state index contributed by atoms with van der Waals surface area (Å²) in [5, 5.41) is 0. The van der Waals surface area contributed by atoms with Gasteiger partial charge in [0.2, 0.25) is 0 Å². The van der Waals surface area contributed by atoms with Gasteiger partial charge in [0.15, 0.2) is 0 Å². The molecule has 1 fully saturated rings. The third-order valence-corrected chi connectivity index (χ3v) is 3.52. The minimum absolute atomic E-state index is 0.650. The lowest BCUT2D eigenvalue weighted by molar-refractivity contribution is 0.315. The third kappa shape index (κ3) is 3.15. The van der Waals surface area contributed by atoms with E-state index < -0.39 is 0 Å². The normalized spacial score (nSPS) is 20.1.